The van der Waals surface area contributed by atoms with E-state index in [2.05, 4.69) is 10.1 Å². The van der Waals surface area contributed by atoms with E-state index in [-0.39, 0.29) is 18.4 Å². The molecule has 3 aromatic rings. The lowest BCUT2D eigenvalue weighted by molar-refractivity contribution is -0.138. The summed E-state index contributed by atoms with van der Waals surface area (Å²) in [5.41, 5.74) is 0.793. The maximum absolute atomic E-state index is 12.3. The van der Waals surface area contributed by atoms with Crippen molar-refractivity contribution in [2.75, 3.05) is 26.8 Å². The number of carbonyl (C=O) groups is 1. The fourth-order valence-corrected chi connectivity index (χ4v) is 3.10. The molecule has 2 aromatic carbocycles. The normalized spacial score (nSPS) is 13.9. The van der Waals surface area contributed by atoms with Crippen LogP contribution in [0.5, 0.6) is 11.5 Å². The van der Waals surface area contributed by atoms with Crippen LogP contribution in [0.2, 0.25) is 5.02 Å². The predicted octanol–water partition coefficient (Wildman–Crippen LogP) is 3.40. The second kappa shape index (κ2) is 7.90. The molecule has 1 aliphatic heterocycles. The number of methoxy groups -OCH3 is 1. The summed E-state index contributed by atoms with van der Waals surface area (Å²) in [6.45, 7) is 1.02. The molecule has 1 fully saturated rings. The SMILES string of the molecule is COc1cccc(OCC(=O)N2CC(c3nc(-c4cccc(Cl)c4)no3)C2)c1. The van der Waals surface area contributed by atoms with Crippen LogP contribution >= 0.6 is 11.6 Å². The van der Waals surface area contributed by atoms with Gasteiger partial charge >= 0.3 is 0 Å². The minimum Gasteiger partial charge on any atom is -0.497 e. The Morgan fingerprint density at radius 2 is 2.00 bits per heavy atom. The fourth-order valence-electron chi connectivity index (χ4n) is 2.91. The molecule has 0 N–H and O–H groups in total. The Balaban J connectivity index is 1.30. The lowest BCUT2D eigenvalue weighted by atomic mass is 10.0. The van der Waals surface area contributed by atoms with Crippen molar-refractivity contribution < 1.29 is 18.8 Å². The predicted molar refractivity (Wildman–Crippen MR) is 103 cm³/mol. The molecule has 1 aliphatic rings. The number of halogens is 1. The number of ether oxygens (including phenoxy) is 2. The number of hydrogen-bond acceptors (Lipinski definition) is 6. The summed E-state index contributed by atoms with van der Waals surface area (Å²) >= 11 is 6.00. The van der Waals surface area contributed by atoms with Crippen molar-refractivity contribution in [2.24, 2.45) is 0 Å². The third-order valence-electron chi connectivity index (χ3n) is 4.51. The molecule has 0 saturated carbocycles. The van der Waals surface area contributed by atoms with Gasteiger partial charge in [0.2, 0.25) is 11.7 Å². The Hall–Kier alpha value is -3.06. The number of amides is 1. The summed E-state index contributed by atoms with van der Waals surface area (Å²) in [5.74, 6) is 2.22. The monoisotopic (exact) mass is 399 g/mol. The average molecular weight is 400 g/mol. The molecule has 2 heterocycles. The van der Waals surface area contributed by atoms with E-state index in [1.165, 1.54) is 0 Å². The first-order chi connectivity index (χ1) is 13.6. The fraction of sp³-hybridized carbons (Fsp3) is 0.250. The molecule has 0 unspecified atom stereocenters. The van der Waals surface area contributed by atoms with E-state index in [0.717, 1.165) is 5.56 Å². The van der Waals surface area contributed by atoms with Crippen molar-refractivity contribution in [2.45, 2.75) is 5.92 Å². The number of rotatable bonds is 6. The molecule has 0 aliphatic carbocycles. The number of nitrogens with zero attached hydrogens (tertiary/aromatic N) is 3. The molecule has 1 amide bonds. The highest BCUT2D eigenvalue weighted by Gasteiger charge is 2.35. The maximum Gasteiger partial charge on any atom is 0.260 e. The van der Waals surface area contributed by atoms with Crippen LogP contribution in [0.1, 0.15) is 11.8 Å². The van der Waals surface area contributed by atoms with E-state index in [1.54, 1.807) is 36.3 Å². The van der Waals surface area contributed by atoms with Crippen LogP contribution in [-0.2, 0) is 4.79 Å². The lowest BCUT2D eigenvalue weighted by Crippen LogP contribution is -2.50. The Labute approximate surface area is 166 Å². The van der Waals surface area contributed by atoms with Gasteiger partial charge < -0.3 is 18.9 Å². The van der Waals surface area contributed by atoms with Crippen LogP contribution in [0.3, 0.4) is 0 Å². The van der Waals surface area contributed by atoms with Crippen molar-refractivity contribution in [1.29, 1.82) is 0 Å². The Morgan fingerprint density at radius 3 is 2.79 bits per heavy atom. The molecule has 4 rings (SSSR count). The summed E-state index contributed by atoms with van der Waals surface area (Å²) in [7, 11) is 1.58. The summed E-state index contributed by atoms with van der Waals surface area (Å²) in [5, 5.41) is 4.62. The number of carbonyl (C=O) groups excluding carboxylic acids is 1. The van der Waals surface area contributed by atoms with Crippen LogP contribution in [0.15, 0.2) is 53.1 Å². The van der Waals surface area contributed by atoms with Crippen molar-refractivity contribution in [3.05, 3.63) is 59.4 Å². The van der Waals surface area contributed by atoms with Crippen LogP contribution < -0.4 is 9.47 Å². The number of benzene rings is 2. The van der Waals surface area contributed by atoms with Gasteiger partial charge in [0.05, 0.1) is 13.0 Å². The second-order valence-electron chi connectivity index (χ2n) is 6.43. The van der Waals surface area contributed by atoms with Gasteiger partial charge in [-0.3, -0.25) is 4.79 Å². The van der Waals surface area contributed by atoms with Gasteiger partial charge in [0.15, 0.2) is 6.61 Å². The molecule has 1 aromatic heterocycles. The minimum absolute atomic E-state index is 0.0289. The van der Waals surface area contributed by atoms with Crippen LogP contribution in [-0.4, -0.2) is 47.8 Å². The molecule has 7 nitrogen and oxygen atoms in total. The summed E-state index contributed by atoms with van der Waals surface area (Å²) in [6, 6.07) is 14.4. The minimum atomic E-state index is -0.0892. The molecule has 1 saturated heterocycles. The third kappa shape index (κ3) is 3.94. The van der Waals surface area contributed by atoms with Crippen molar-refractivity contribution >= 4 is 17.5 Å². The summed E-state index contributed by atoms with van der Waals surface area (Å²) < 4.78 is 16.0. The molecular weight excluding hydrogens is 382 g/mol. The smallest absolute Gasteiger partial charge is 0.260 e. The zero-order valence-electron chi connectivity index (χ0n) is 15.2. The van der Waals surface area contributed by atoms with Gasteiger partial charge in [-0.05, 0) is 24.3 Å². The van der Waals surface area contributed by atoms with Crippen molar-refractivity contribution in [3.63, 3.8) is 0 Å². The van der Waals surface area contributed by atoms with Gasteiger partial charge in [0, 0.05) is 29.7 Å². The van der Waals surface area contributed by atoms with E-state index in [4.69, 9.17) is 25.6 Å². The van der Waals surface area contributed by atoms with Crippen LogP contribution in [0, 0.1) is 0 Å². The van der Waals surface area contributed by atoms with Gasteiger partial charge in [-0.2, -0.15) is 4.98 Å². The largest absolute Gasteiger partial charge is 0.497 e. The van der Waals surface area contributed by atoms with Crippen molar-refractivity contribution in [1.82, 2.24) is 15.0 Å². The van der Waals surface area contributed by atoms with Gasteiger partial charge in [-0.15, -0.1) is 0 Å². The molecule has 8 heteroatoms. The highest BCUT2D eigenvalue weighted by atomic mass is 35.5. The molecule has 0 bridgehead atoms. The van der Waals surface area contributed by atoms with Gasteiger partial charge in [-0.1, -0.05) is 35.0 Å². The van der Waals surface area contributed by atoms with Crippen LogP contribution in [0.4, 0.5) is 0 Å². The lowest BCUT2D eigenvalue weighted by Gasteiger charge is -2.36. The average Bonchev–Trinajstić information content (AvgIpc) is 3.15. The topological polar surface area (TPSA) is 77.7 Å². The van der Waals surface area contributed by atoms with E-state index in [0.29, 0.717) is 41.3 Å². The molecule has 0 radical (unpaired) electrons. The van der Waals surface area contributed by atoms with Crippen molar-refractivity contribution in [3.8, 4) is 22.9 Å². The molecule has 144 valence electrons. The standard InChI is InChI=1S/C20H18ClN3O4/c1-26-16-6-3-7-17(9-16)27-12-18(25)24-10-14(11-24)20-22-19(23-28-20)13-4-2-5-15(21)8-13/h2-9,14H,10-12H2,1H3. The first kappa shape index (κ1) is 18.3. The first-order valence-corrected chi connectivity index (χ1v) is 9.14. The highest BCUT2D eigenvalue weighted by molar-refractivity contribution is 6.30. The highest BCUT2D eigenvalue weighted by Crippen LogP contribution is 2.28. The summed E-state index contributed by atoms with van der Waals surface area (Å²) in [6.07, 6.45) is 0. The molecule has 0 spiro atoms. The Morgan fingerprint density at radius 1 is 1.21 bits per heavy atom. The number of aromatic nitrogens is 2. The van der Waals surface area contributed by atoms with E-state index < -0.39 is 0 Å². The number of likely N-dealkylation sites (tertiary alicyclic amines) is 1. The quantitative estimate of drug-likeness (QED) is 0.632. The first-order valence-electron chi connectivity index (χ1n) is 8.76. The van der Waals surface area contributed by atoms with Gasteiger partial charge in [-0.25, -0.2) is 0 Å². The number of hydrogen-bond donors (Lipinski definition) is 0. The molecule has 28 heavy (non-hydrogen) atoms. The molecule has 0 atom stereocenters. The zero-order chi connectivity index (χ0) is 19.5. The van der Waals surface area contributed by atoms with Gasteiger partial charge in [0.25, 0.3) is 5.91 Å². The van der Waals surface area contributed by atoms with Crippen LogP contribution in [0.25, 0.3) is 11.4 Å². The third-order valence-corrected chi connectivity index (χ3v) is 4.75. The van der Waals surface area contributed by atoms with E-state index in [1.807, 2.05) is 24.3 Å². The van der Waals surface area contributed by atoms with E-state index >= 15 is 0 Å². The summed E-state index contributed by atoms with van der Waals surface area (Å²) in [4.78, 5) is 18.4. The molecular formula is C20H18ClN3O4. The Bertz CT molecular complexity index is 985. The van der Waals surface area contributed by atoms with Gasteiger partial charge in [0.1, 0.15) is 11.5 Å². The second-order valence-corrected chi connectivity index (χ2v) is 6.87. The zero-order valence-corrected chi connectivity index (χ0v) is 15.9. The Kier molecular flexibility index (Phi) is 5.16. The maximum atomic E-state index is 12.3. The van der Waals surface area contributed by atoms with E-state index in [9.17, 15) is 4.79 Å².